The summed E-state index contributed by atoms with van der Waals surface area (Å²) in [6.45, 7) is 6.56. The lowest BCUT2D eigenvalue weighted by Gasteiger charge is -2.39. The SMILES string of the molecule is CCC(=C(c1ccc(O)cc1)c1ccc(N2CCC(NC3CCN(c4ccc5c(c4)CN(C4CCC(=O)NC4=O)C5=O)CC3)CC2)cc1)c1ccccc1. The number of hydrogen-bond donors (Lipinski definition) is 3. The van der Waals surface area contributed by atoms with Crippen molar-refractivity contribution in [3.63, 3.8) is 0 Å². The molecule has 54 heavy (non-hydrogen) atoms. The van der Waals surface area contributed by atoms with Gasteiger partial charge >= 0.3 is 0 Å². The van der Waals surface area contributed by atoms with Gasteiger partial charge in [-0.1, -0.05) is 61.5 Å². The molecule has 4 aliphatic rings. The summed E-state index contributed by atoms with van der Waals surface area (Å²) in [5.41, 5.74) is 9.97. The third-order valence-corrected chi connectivity index (χ3v) is 11.8. The highest BCUT2D eigenvalue weighted by atomic mass is 16.3. The van der Waals surface area contributed by atoms with Crippen LogP contribution in [0.3, 0.4) is 0 Å². The molecule has 4 aromatic rings. The minimum Gasteiger partial charge on any atom is -0.508 e. The number of hydrogen-bond acceptors (Lipinski definition) is 7. The number of rotatable bonds is 9. The Bertz CT molecular complexity index is 2030. The lowest BCUT2D eigenvalue weighted by molar-refractivity contribution is -0.136. The van der Waals surface area contributed by atoms with Crippen molar-refractivity contribution < 1.29 is 19.5 Å². The number of benzene rings is 4. The van der Waals surface area contributed by atoms with Gasteiger partial charge in [0.15, 0.2) is 0 Å². The number of nitrogens with one attached hydrogen (secondary N) is 2. The second-order valence-electron chi connectivity index (χ2n) is 15.1. The van der Waals surface area contributed by atoms with Gasteiger partial charge in [-0.3, -0.25) is 19.7 Å². The molecule has 3 saturated heterocycles. The quantitative estimate of drug-likeness (QED) is 0.130. The fourth-order valence-corrected chi connectivity index (χ4v) is 8.85. The minimum absolute atomic E-state index is 0.127. The number of anilines is 2. The number of nitrogens with zero attached hydrogens (tertiary/aromatic N) is 3. The Balaban J connectivity index is 0.851. The molecule has 0 aliphatic carbocycles. The van der Waals surface area contributed by atoms with E-state index in [9.17, 15) is 19.5 Å². The van der Waals surface area contributed by atoms with Crippen LogP contribution in [0.25, 0.3) is 11.1 Å². The van der Waals surface area contributed by atoms with E-state index in [1.165, 1.54) is 28.0 Å². The van der Waals surface area contributed by atoms with Gasteiger partial charge in [0.05, 0.1) is 0 Å². The Labute approximate surface area is 317 Å². The Morgan fingerprint density at radius 3 is 1.93 bits per heavy atom. The third kappa shape index (κ3) is 7.37. The normalized spacial score (nSPS) is 20.2. The van der Waals surface area contributed by atoms with Crippen molar-refractivity contribution in [2.24, 2.45) is 0 Å². The van der Waals surface area contributed by atoms with Crippen LogP contribution in [0.15, 0.2) is 97.1 Å². The molecule has 3 N–H and O–H groups in total. The van der Waals surface area contributed by atoms with Crippen molar-refractivity contribution in [3.05, 3.63) is 125 Å². The number of carbonyl (C=O) groups excluding carboxylic acids is 3. The molecule has 3 fully saturated rings. The number of imide groups is 1. The molecule has 0 spiro atoms. The van der Waals surface area contributed by atoms with E-state index >= 15 is 0 Å². The van der Waals surface area contributed by atoms with Crippen LogP contribution in [0.1, 0.15) is 84.5 Å². The van der Waals surface area contributed by atoms with E-state index in [1.54, 1.807) is 17.0 Å². The number of carbonyl (C=O) groups is 3. The lowest BCUT2D eigenvalue weighted by Crippen LogP contribution is -2.52. The largest absolute Gasteiger partial charge is 0.508 e. The van der Waals surface area contributed by atoms with Crippen LogP contribution in [0, 0.1) is 0 Å². The van der Waals surface area contributed by atoms with Gasteiger partial charge in [-0.2, -0.15) is 0 Å². The molecular formula is C45H49N5O4. The average molecular weight is 724 g/mol. The molecule has 9 nitrogen and oxygen atoms in total. The molecule has 4 aliphatic heterocycles. The molecule has 3 amide bonds. The van der Waals surface area contributed by atoms with Crippen molar-refractivity contribution in [2.75, 3.05) is 36.0 Å². The van der Waals surface area contributed by atoms with Crippen LogP contribution in [-0.2, 0) is 16.1 Å². The Morgan fingerprint density at radius 1 is 0.722 bits per heavy atom. The number of phenolic OH excluding ortho intramolecular Hbond substituents is 1. The van der Waals surface area contributed by atoms with Crippen LogP contribution in [0.4, 0.5) is 11.4 Å². The fourth-order valence-electron chi connectivity index (χ4n) is 8.85. The smallest absolute Gasteiger partial charge is 0.255 e. The second kappa shape index (κ2) is 15.5. The first kappa shape index (κ1) is 35.6. The molecule has 8 rings (SSSR count). The Morgan fingerprint density at radius 2 is 1.31 bits per heavy atom. The van der Waals surface area contributed by atoms with E-state index in [0.29, 0.717) is 30.6 Å². The topological polar surface area (TPSA) is 105 Å². The van der Waals surface area contributed by atoms with Crippen LogP contribution < -0.4 is 20.4 Å². The molecular weight excluding hydrogens is 675 g/mol. The van der Waals surface area contributed by atoms with E-state index in [0.717, 1.165) is 75.1 Å². The highest BCUT2D eigenvalue weighted by Gasteiger charge is 2.39. The van der Waals surface area contributed by atoms with Crippen molar-refractivity contribution in [1.82, 2.24) is 15.5 Å². The predicted octanol–water partition coefficient (Wildman–Crippen LogP) is 6.75. The van der Waals surface area contributed by atoms with E-state index < -0.39 is 6.04 Å². The van der Waals surface area contributed by atoms with Crippen LogP contribution in [0.5, 0.6) is 5.75 Å². The van der Waals surface area contributed by atoms with Crippen molar-refractivity contribution in [1.29, 1.82) is 0 Å². The zero-order valence-electron chi connectivity index (χ0n) is 31.0. The summed E-state index contributed by atoms with van der Waals surface area (Å²) in [5, 5.41) is 16.4. The van der Waals surface area contributed by atoms with Crippen LogP contribution in [0.2, 0.25) is 0 Å². The average Bonchev–Trinajstić information content (AvgIpc) is 3.53. The fraction of sp³-hybridized carbons (Fsp3) is 0.356. The van der Waals surface area contributed by atoms with Gasteiger partial charge in [-0.25, -0.2) is 0 Å². The standard InChI is InChI=1S/C45H49N5O4/c1-2-39(30-6-4-3-5-7-30)43(32-10-15-38(51)16-11-32)31-8-12-36(13-9-31)48-24-20-34(21-25-48)46-35-22-26-49(27-23-35)37-14-17-40-33(28-37)29-50(45(40)54)41-18-19-42(52)47-44(41)53/h3-17,28,34-35,41,46,51H,2,18-27,29H2,1H3,(H,47,52,53). The van der Waals surface area contributed by atoms with Gasteiger partial charge in [-0.15, -0.1) is 0 Å². The first-order chi connectivity index (χ1) is 26.3. The first-order valence-corrected chi connectivity index (χ1v) is 19.6. The van der Waals surface area contributed by atoms with E-state index in [-0.39, 0.29) is 29.9 Å². The third-order valence-electron chi connectivity index (χ3n) is 11.8. The molecule has 0 aromatic heterocycles. The number of amides is 3. The summed E-state index contributed by atoms with van der Waals surface area (Å²) < 4.78 is 0. The highest BCUT2D eigenvalue weighted by Crippen LogP contribution is 2.36. The van der Waals surface area contributed by atoms with Gasteiger partial charge in [0, 0.05) is 68.2 Å². The molecule has 1 atom stereocenters. The van der Waals surface area contributed by atoms with E-state index in [2.05, 4.69) is 88.0 Å². The van der Waals surface area contributed by atoms with Gasteiger partial charge in [-0.05, 0) is 114 Å². The maximum atomic E-state index is 13.1. The predicted molar refractivity (Wildman–Crippen MR) is 213 cm³/mol. The number of piperidine rings is 3. The number of allylic oxidation sites excluding steroid dienone is 1. The second-order valence-corrected chi connectivity index (χ2v) is 15.1. The van der Waals surface area contributed by atoms with Crippen molar-refractivity contribution in [2.45, 2.75) is 76.5 Å². The summed E-state index contributed by atoms with van der Waals surface area (Å²) in [6, 6.07) is 33.6. The molecule has 9 heteroatoms. The Kier molecular flexibility index (Phi) is 10.2. The summed E-state index contributed by atoms with van der Waals surface area (Å²) >= 11 is 0. The Hall–Kier alpha value is -5.41. The number of phenols is 1. The van der Waals surface area contributed by atoms with Gasteiger partial charge in [0.25, 0.3) is 5.91 Å². The molecule has 4 heterocycles. The monoisotopic (exact) mass is 723 g/mol. The molecule has 1 unspecified atom stereocenters. The zero-order chi connectivity index (χ0) is 37.2. The van der Waals surface area contributed by atoms with E-state index in [1.807, 2.05) is 24.3 Å². The molecule has 0 radical (unpaired) electrons. The van der Waals surface area contributed by atoms with Crippen LogP contribution >= 0.6 is 0 Å². The maximum Gasteiger partial charge on any atom is 0.255 e. The maximum absolute atomic E-state index is 13.1. The molecule has 278 valence electrons. The first-order valence-electron chi connectivity index (χ1n) is 19.6. The van der Waals surface area contributed by atoms with Crippen LogP contribution in [-0.4, -0.2) is 72.0 Å². The van der Waals surface area contributed by atoms with Gasteiger partial charge < -0.3 is 25.1 Å². The van der Waals surface area contributed by atoms with Gasteiger partial charge in [0.1, 0.15) is 11.8 Å². The molecule has 4 aromatic carbocycles. The van der Waals surface area contributed by atoms with E-state index in [4.69, 9.17) is 0 Å². The summed E-state index contributed by atoms with van der Waals surface area (Å²) in [7, 11) is 0. The van der Waals surface area contributed by atoms with Crippen molar-refractivity contribution in [3.8, 4) is 5.75 Å². The summed E-state index contributed by atoms with van der Waals surface area (Å²) in [4.78, 5) is 43.8. The zero-order valence-corrected chi connectivity index (χ0v) is 31.0. The number of aromatic hydroxyl groups is 1. The molecule has 0 saturated carbocycles. The highest BCUT2D eigenvalue weighted by molar-refractivity contribution is 6.05. The lowest BCUT2D eigenvalue weighted by atomic mass is 9.88. The van der Waals surface area contributed by atoms with Gasteiger partial charge in [0.2, 0.25) is 11.8 Å². The molecule has 0 bridgehead atoms. The number of fused-ring (bicyclic) bond motifs is 1. The van der Waals surface area contributed by atoms with Crippen molar-refractivity contribution >= 4 is 40.2 Å². The summed E-state index contributed by atoms with van der Waals surface area (Å²) in [5.74, 6) is -0.501. The summed E-state index contributed by atoms with van der Waals surface area (Å²) in [6.07, 6.45) is 5.88. The minimum atomic E-state index is -0.590.